The predicted molar refractivity (Wildman–Crippen MR) is 211 cm³/mol. The standard InChI is InChI=1S/C47H48O4/c1-31-7-15-35(16-8-31)41-27-39(28-42(45(41)50-25-23-48)36-17-9-32(2)10-18-36)47(5,6)40-29-43(37-19-11-33(3)12-20-37)46(51-26-24-49)44(30-40)38-21-13-34(4)14-22-38/h7-22,27-30,48-49H,23-26H2,1-6H3. The molecule has 0 bridgehead atoms. The van der Waals surface area contributed by atoms with Crippen LogP contribution in [0.1, 0.15) is 47.2 Å². The summed E-state index contributed by atoms with van der Waals surface area (Å²) < 4.78 is 12.8. The second-order valence-corrected chi connectivity index (χ2v) is 14.0. The van der Waals surface area contributed by atoms with Gasteiger partial charge in [0.15, 0.2) is 0 Å². The Morgan fingerprint density at radius 3 is 0.863 bits per heavy atom. The average molecular weight is 677 g/mol. The lowest BCUT2D eigenvalue weighted by molar-refractivity contribution is 0.202. The van der Waals surface area contributed by atoms with Crippen molar-refractivity contribution in [3.05, 3.63) is 155 Å². The highest BCUT2D eigenvalue weighted by Gasteiger charge is 2.30. The number of hydrogen-bond acceptors (Lipinski definition) is 4. The molecule has 6 aromatic carbocycles. The molecule has 0 aliphatic carbocycles. The van der Waals surface area contributed by atoms with Gasteiger partial charge < -0.3 is 19.7 Å². The molecular formula is C47H48O4. The molecule has 4 heteroatoms. The average Bonchev–Trinajstić information content (AvgIpc) is 3.14. The van der Waals surface area contributed by atoms with E-state index in [0.29, 0.717) is 0 Å². The molecule has 6 aromatic rings. The van der Waals surface area contributed by atoms with Gasteiger partial charge in [-0.3, -0.25) is 0 Å². The Balaban J connectivity index is 1.64. The topological polar surface area (TPSA) is 58.9 Å². The maximum absolute atomic E-state index is 9.85. The predicted octanol–water partition coefficient (Wildman–Crippen LogP) is 10.7. The van der Waals surface area contributed by atoms with Crippen molar-refractivity contribution in [2.45, 2.75) is 47.0 Å². The van der Waals surface area contributed by atoms with Crippen LogP contribution < -0.4 is 9.47 Å². The number of aliphatic hydroxyl groups is 2. The molecule has 0 radical (unpaired) electrons. The van der Waals surface area contributed by atoms with Crippen molar-refractivity contribution in [3.63, 3.8) is 0 Å². The van der Waals surface area contributed by atoms with Crippen LogP contribution >= 0.6 is 0 Å². The highest BCUT2D eigenvalue weighted by Crippen LogP contribution is 2.48. The van der Waals surface area contributed by atoms with Gasteiger partial charge in [0.2, 0.25) is 0 Å². The molecule has 0 fully saturated rings. The molecule has 260 valence electrons. The Hall–Kier alpha value is -5.16. The van der Waals surface area contributed by atoms with Crippen molar-refractivity contribution in [2.24, 2.45) is 0 Å². The SMILES string of the molecule is Cc1ccc(-c2cc(C(C)(C)c3cc(-c4ccc(C)cc4)c(OCCO)c(-c4ccc(C)cc4)c3)cc(-c3ccc(C)cc3)c2OCCO)cc1. The van der Waals surface area contributed by atoms with Crippen LogP contribution in [0.15, 0.2) is 121 Å². The minimum Gasteiger partial charge on any atom is -0.490 e. The molecular weight excluding hydrogens is 629 g/mol. The minimum atomic E-state index is -0.483. The summed E-state index contributed by atoms with van der Waals surface area (Å²) in [5.74, 6) is 1.51. The molecule has 0 aliphatic rings. The van der Waals surface area contributed by atoms with Gasteiger partial charge in [0.1, 0.15) is 24.7 Å². The third-order valence-corrected chi connectivity index (χ3v) is 9.75. The van der Waals surface area contributed by atoms with E-state index in [1.165, 1.54) is 22.3 Å². The second kappa shape index (κ2) is 15.4. The van der Waals surface area contributed by atoms with E-state index < -0.39 is 5.41 Å². The van der Waals surface area contributed by atoms with Gasteiger partial charge in [-0.1, -0.05) is 133 Å². The van der Waals surface area contributed by atoms with Gasteiger partial charge in [-0.25, -0.2) is 0 Å². The molecule has 0 aromatic heterocycles. The Bertz CT molecular complexity index is 1800. The summed E-state index contributed by atoms with van der Waals surface area (Å²) in [6.45, 7) is 13.1. The van der Waals surface area contributed by atoms with Crippen LogP contribution in [-0.2, 0) is 5.41 Å². The molecule has 0 heterocycles. The van der Waals surface area contributed by atoms with E-state index in [1.807, 2.05) is 0 Å². The fourth-order valence-electron chi connectivity index (χ4n) is 6.54. The zero-order valence-corrected chi connectivity index (χ0v) is 30.6. The monoisotopic (exact) mass is 676 g/mol. The van der Waals surface area contributed by atoms with Gasteiger partial charge in [-0.05, 0) is 85.3 Å². The number of aryl methyl sites for hydroxylation is 4. The second-order valence-electron chi connectivity index (χ2n) is 14.0. The molecule has 0 aliphatic heterocycles. The van der Waals surface area contributed by atoms with Crippen LogP contribution in [0.3, 0.4) is 0 Å². The lowest BCUT2D eigenvalue weighted by Gasteiger charge is -2.31. The first-order chi connectivity index (χ1) is 24.6. The number of ether oxygens (including phenoxy) is 2. The largest absolute Gasteiger partial charge is 0.490 e. The summed E-state index contributed by atoms with van der Waals surface area (Å²) in [7, 11) is 0. The summed E-state index contributed by atoms with van der Waals surface area (Å²) >= 11 is 0. The molecule has 4 nitrogen and oxygen atoms in total. The van der Waals surface area contributed by atoms with Crippen molar-refractivity contribution in [3.8, 4) is 56.0 Å². The van der Waals surface area contributed by atoms with Gasteiger partial charge in [-0.15, -0.1) is 0 Å². The van der Waals surface area contributed by atoms with Gasteiger partial charge >= 0.3 is 0 Å². The van der Waals surface area contributed by atoms with E-state index in [-0.39, 0.29) is 26.4 Å². The zero-order valence-electron chi connectivity index (χ0n) is 30.6. The van der Waals surface area contributed by atoms with Crippen LogP contribution in [-0.4, -0.2) is 36.6 Å². The normalized spacial score (nSPS) is 11.5. The number of aliphatic hydroxyl groups excluding tert-OH is 2. The summed E-state index contributed by atoms with van der Waals surface area (Å²) in [5, 5.41) is 19.7. The molecule has 51 heavy (non-hydrogen) atoms. The smallest absolute Gasteiger partial charge is 0.135 e. The zero-order chi connectivity index (χ0) is 36.1. The van der Waals surface area contributed by atoms with E-state index in [1.54, 1.807) is 0 Å². The molecule has 6 rings (SSSR count). The van der Waals surface area contributed by atoms with Crippen molar-refractivity contribution < 1.29 is 19.7 Å². The summed E-state index contributed by atoms with van der Waals surface area (Å²) in [4.78, 5) is 0. The number of hydrogen-bond donors (Lipinski definition) is 2. The first-order valence-electron chi connectivity index (χ1n) is 17.7. The Kier molecular flexibility index (Phi) is 10.8. The molecule has 0 amide bonds. The van der Waals surface area contributed by atoms with E-state index in [9.17, 15) is 10.2 Å². The van der Waals surface area contributed by atoms with E-state index in [4.69, 9.17) is 9.47 Å². The minimum absolute atomic E-state index is 0.0812. The van der Waals surface area contributed by atoms with Crippen molar-refractivity contribution in [1.82, 2.24) is 0 Å². The Labute approximate surface area is 303 Å². The number of benzene rings is 6. The molecule has 0 unspecified atom stereocenters. The molecule has 0 saturated heterocycles. The summed E-state index contributed by atoms with van der Waals surface area (Å²) in [6, 6.07) is 43.2. The van der Waals surface area contributed by atoms with E-state index >= 15 is 0 Å². The van der Waals surface area contributed by atoms with Crippen molar-refractivity contribution >= 4 is 0 Å². The molecule has 2 N–H and O–H groups in total. The molecule has 0 saturated carbocycles. The van der Waals surface area contributed by atoms with Crippen molar-refractivity contribution in [2.75, 3.05) is 26.4 Å². The fourth-order valence-corrected chi connectivity index (χ4v) is 6.54. The van der Waals surface area contributed by atoms with Crippen molar-refractivity contribution in [1.29, 1.82) is 0 Å². The molecule has 0 spiro atoms. The summed E-state index contributed by atoms with van der Waals surface area (Å²) in [6.07, 6.45) is 0. The van der Waals surface area contributed by atoms with Crippen LogP contribution in [0.25, 0.3) is 44.5 Å². The van der Waals surface area contributed by atoms with E-state index in [0.717, 1.165) is 67.1 Å². The van der Waals surface area contributed by atoms with Crippen LogP contribution in [0, 0.1) is 27.7 Å². The lowest BCUT2D eigenvalue weighted by Crippen LogP contribution is -2.20. The van der Waals surface area contributed by atoms with Gasteiger partial charge in [-0.2, -0.15) is 0 Å². The maximum atomic E-state index is 9.85. The Morgan fingerprint density at radius 1 is 0.412 bits per heavy atom. The first kappa shape index (κ1) is 35.7. The first-order valence-corrected chi connectivity index (χ1v) is 17.7. The maximum Gasteiger partial charge on any atom is 0.135 e. The Morgan fingerprint density at radius 2 is 0.647 bits per heavy atom. The lowest BCUT2D eigenvalue weighted by atomic mass is 9.74. The third-order valence-electron chi connectivity index (χ3n) is 9.75. The molecule has 0 atom stereocenters. The van der Waals surface area contributed by atoms with Gasteiger partial charge in [0, 0.05) is 27.7 Å². The van der Waals surface area contributed by atoms with Gasteiger partial charge in [0.25, 0.3) is 0 Å². The summed E-state index contributed by atoms with van der Waals surface area (Å²) in [5.41, 5.74) is 14.6. The van der Waals surface area contributed by atoms with Crippen LogP contribution in [0.2, 0.25) is 0 Å². The highest BCUT2D eigenvalue weighted by atomic mass is 16.5. The highest BCUT2D eigenvalue weighted by molar-refractivity contribution is 5.86. The number of rotatable bonds is 12. The van der Waals surface area contributed by atoms with Gasteiger partial charge in [0.05, 0.1) is 13.2 Å². The van der Waals surface area contributed by atoms with Crippen LogP contribution in [0.5, 0.6) is 11.5 Å². The quantitative estimate of drug-likeness (QED) is 0.135. The van der Waals surface area contributed by atoms with E-state index in [2.05, 4.69) is 163 Å². The fraction of sp³-hybridized carbons (Fsp3) is 0.234. The van der Waals surface area contributed by atoms with Crippen LogP contribution in [0.4, 0.5) is 0 Å². The third kappa shape index (κ3) is 7.78.